The second-order valence-corrected chi connectivity index (χ2v) is 4.05. The van der Waals surface area contributed by atoms with Crippen molar-refractivity contribution in [3.63, 3.8) is 0 Å². The molecule has 92 valence electrons. The zero-order chi connectivity index (χ0) is 12.4. The number of rotatable bonds is 3. The fourth-order valence-corrected chi connectivity index (χ4v) is 2.04. The molecule has 0 aromatic heterocycles. The Morgan fingerprint density at radius 1 is 1.59 bits per heavy atom. The van der Waals surface area contributed by atoms with E-state index in [1.54, 1.807) is 6.07 Å². The molecule has 1 aromatic carbocycles. The summed E-state index contributed by atoms with van der Waals surface area (Å²) in [7, 11) is 1.88. The Balaban J connectivity index is 2.37. The van der Waals surface area contributed by atoms with Crippen LogP contribution in [0.25, 0.3) is 0 Å². The Morgan fingerprint density at radius 3 is 3.00 bits per heavy atom. The normalized spacial score (nSPS) is 18.5. The van der Waals surface area contributed by atoms with Gasteiger partial charge in [-0.25, -0.2) is 4.79 Å². The van der Waals surface area contributed by atoms with Gasteiger partial charge in [-0.1, -0.05) is 6.07 Å². The number of benzene rings is 1. The van der Waals surface area contributed by atoms with Crippen molar-refractivity contribution in [3.05, 3.63) is 23.8 Å². The zero-order valence-electron chi connectivity index (χ0n) is 9.59. The van der Waals surface area contributed by atoms with Crippen LogP contribution in [0.3, 0.4) is 0 Å². The van der Waals surface area contributed by atoms with Crippen LogP contribution in [0.15, 0.2) is 18.2 Å². The molecule has 0 bridgehead atoms. The first-order chi connectivity index (χ1) is 8.15. The first-order valence-electron chi connectivity index (χ1n) is 5.48. The molecule has 2 rings (SSSR count). The van der Waals surface area contributed by atoms with Crippen LogP contribution < -0.4 is 9.64 Å². The van der Waals surface area contributed by atoms with E-state index in [-0.39, 0.29) is 18.2 Å². The summed E-state index contributed by atoms with van der Waals surface area (Å²) in [5, 5.41) is 18.0. The van der Waals surface area contributed by atoms with Gasteiger partial charge in [-0.2, -0.15) is 0 Å². The number of carboxylic acid groups (broad SMARTS) is 1. The summed E-state index contributed by atoms with van der Waals surface area (Å²) in [4.78, 5) is 13.0. The van der Waals surface area contributed by atoms with Gasteiger partial charge >= 0.3 is 5.97 Å². The lowest BCUT2D eigenvalue weighted by molar-refractivity contribution is 0.0690. The van der Waals surface area contributed by atoms with Gasteiger partial charge in [0.15, 0.2) is 5.75 Å². The summed E-state index contributed by atoms with van der Waals surface area (Å²) in [6, 6.07) is 5.13. The van der Waals surface area contributed by atoms with Gasteiger partial charge in [0.05, 0.1) is 11.7 Å². The molecular weight excluding hydrogens is 222 g/mol. The maximum atomic E-state index is 11.0. The largest absolute Gasteiger partial charge is 0.488 e. The van der Waals surface area contributed by atoms with Crippen LogP contribution in [-0.2, 0) is 0 Å². The molecule has 0 spiro atoms. The van der Waals surface area contributed by atoms with Gasteiger partial charge in [0.1, 0.15) is 12.2 Å². The molecule has 5 heteroatoms. The van der Waals surface area contributed by atoms with E-state index in [1.165, 1.54) is 6.07 Å². The summed E-state index contributed by atoms with van der Waals surface area (Å²) in [5.74, 6) is -0.576. The first-order valence-corrected chi connectivity index (χ1v) is 5.48. The summed E-state index contributed by atoms with van der Waals surface area (Å²) in [6.07, 6.45) is 0.604. The molecule has 1 atom stereocenters. The topological polar surface area (TPSA) is 70.0 Å². The Kier molecular flexibility index (Phi) is 3.19. The molecule has 0 amide bonds. The van der Waals surface area contributed by atoms with Crippen LogP contribution >= 0.6 is 0 Å². The van der Waals surface area contributed by atoms with Crippen LogP contribution in [0, 0.1) is 0 Å². The second-order valence-electron chi connectivity index (χ2n) is 4.05. The van der Waals surface area contributed by atoms with Gasteiger partial charge in [0, 0.05) is 13.7 Å². The van der Waals surface area contributed by atoms with Crippen LogP contribution in [0.1, 0.15) is 16.8 Å². The highest BCUT2D eigenvalue weighted by atomic mass is 16.5. The Morgan fingerprint density at radius 2 is 2.35 bits per heavy atom. The first kappa shape index (κ1) is 11.7. The van der Waals surface area contributed by atoms with E-state index in [0.29, 0.717) is 18.8 Å². The van der Waals surface area contributed by atoms with E-state index in [0.717, 1.165) is 5.69 Å². The summed E-state index contributed by atoms with van der Waals surface area (Å²) >= 11 is 0. The number of aromatic carboxylic acids is 1. The Hall–Kier alpha value is -1.75. The number of nitrogens with zero attached hydrogens (tertiary/aromatic N) is 1. The Labute approximate surface area is 99.2 Å². The molecule has 5 nitrogen and oxygen atoms in total. The molecule has 0 radical (unpaired) electrons. The van der Waals surface area contributed by atoms with Crippen molar-refractivity contribution in [3.8, 4) is 5.75 Å². The van der Waals surface area contributed by atoms with Gasteiger partial charge < -0.3 is 19.8 Å². The number of carboxylic acids is 1. The predicted octanol–water partition coefficient (Wildman–Crippen LogP) is 0.964. The minimum Gasteiger partial charge on any atom is -0.488 e. The molecule has 1 aliphatic rings. The lowest BCUT2D eigenvalue weighted by Crippen LogP contribution is -2.41. The number of ether oxygens (including phenoxy) is 1. The van der Waals surface area contributed by atoms with Crippen molar-refractivity contribution in [2.24, 2.45) is 0 Å². The lowest BCUT2D eigenvalue weighted by Gasteiger charge is -2.36. The molecule has 2 N–H and O–H groups in total. The minimum atomic E-state index is -0.990. The van der Waals surface area contributed by atoms with Crippen molar-refractivity contribution in [1.29, 1.82) is 0 Å². The van der Waals surface area contributed by atoms with Crippen molar-refractivity contribution >= 4 is 11.7 Å². The molecule has 1 heterocycles. The molecule has 1 aliphatic heterocycles. The van der Waals surface area contributed by atoms with Crippen molar-refractivity contribution in [2.75, 3.05) is 25.2 Å². The highest BCUT2D eigenvalue weighted by Gasteiger charge is 2.27. The maximum Gasteiger partial charge on any atom is 0.339 e. The van der Waals surface area contributed by atoms with Gasteiger partial charge in [0.2, 0.25) is 0 Å². The molecule has 0 aliphatic carbocycles. The molecule has 0 saturated heterocycles. The van der Waals surface area contributed by atoms with E-state index in [1.807, 2.05) is 18.0 Å². The predicted molar refractivity (Wildman–Crippen MR) is 62.8 cm³/mol. The average Bonchev–Trinajstić information content (AvgIpc) is 2.32. The number of hydrogen-bond acceptors (Lipinski definition) is 4. The van der Waals surface area contributed by atoms with Gasteiger partial charge in [-0.3, -0.25) is 0 Å². The SMILES string of the molecule is CN1c2cccc(C(=O)O)c2OCC1CCO. The summed E-state index contributed by atoms with van der Waals surface area (Å²) in [6.45, 7) is 0.487. The summed E-state index contributed by atoms with van der Waals surface area (Å²) in [5.41, 5.74) is 0.936. The number of aliphatic hydroxyl groups is 1. The third-order valence-electron chi connectivity index (χ3n) is 3.03. The number of carbonyl (C=O) groups is 1. The van der Waals surface area contributed by atoms with Crippen LogP contribution in [-0.4, -0.2) is 42.5 Å². The van der Waals surface area contributed by atoms with Gasteiger partial charge in [-0.15, -0.1) is 0 Å². The number of anilines is 1. The quantitative estimate of drug-likeness (QED) is 0.819. The van der Waals surface area contributed by atoms with E-state index < -0.39 is 5.97 Å². The smallest absolute Gasteiger partial charge is 0.339 e. The lowest BCUT2D eigenvalue weighted by atomic mass is 10.1. The molecular formula is C12H15NO4. The number of hydrogen-bond donors (Lipinski definition) is 2. The Bertz CT molecular complexity index is 433. The monoisotopic (exact) mass is 237 g/mol. The average molecular weight is 237 g/mol. The minimum absolute atomic E-state index is 0.0801. The molecule has 17 heavy (non-hydrogen) atoms. The highest BCUT2D eigenvalue weighted by molar-refractivity contribution is 5.93. The molecule has 1 unspecified atom stereocenters. The third kappa shape index (κ3) is 2.06. The van der Waals surface area contributed by atoms with Gasteiger partial charge in [0.25, 0.3) is 0 Å². The van der Waals surface area contributed by atoms with Crippen LogP contribution in [0.5, 0.6) is 5.75 Å². The fourth-order valence-electron chi connectivity index (χ4n) is 2.04. The van der Waals surface area contributed by atoms with E-state index in [4.69, 9.17) is 14.9 Å². The number of likely N-dealkylation sites (N-methyl/N-ethyl adjacent to an activating group) is 1. The molecule has 0 fully saturated rings. The molecule has 1 aromatic rings. The van der Waals surface area contributed by atoms with Crippen LogP contribution in [0.2, 0.25) is 0 Å². The van der Waals surface area contributed by atoms with E-state index in [9.17, 15) is 4.79 Å². The van der Waals surface area contributed by atoms with E-state index in [2.05, 4.69) is 0 Å². The fraction of sp³-hybridized carbons (Fsp3) is 0.417. The summed E-state index contributed by atoms with van der Waals surface area (Å²) < 4.78 is 5.52. The highest BCUT2D eigenvalue weighted by Crippen LogP contribution is 2.36. The van der Waals surface area contributed by atoms with Crippen molar-refractivity contribution in [2.45, 2.75) is 12.5 Å². The van der Waals surface area contributed by atoms with E-state index >= 15 is 0 Å². The third-order valence-corrected chi connectivity index (χ3v) is 3.03. The number of aliphatic hydroxyl groups excluding tert-OH is 1. The van der Waals surface area contributed by atoms with Crippen LogP contribution in [0.4, 0.5) is 5.69 Å². The number of fused-ring (bicyclic) bond motifs is 1. The van der Waals surface area contributed by atoms with Gasteiger partial charge in [-0.05, 0) is 18.6 Å². The molecule has 0 saturated carbocycles. The number of para-hydroxylation sites is 1. The zero-order valence-corrected chi connectivity index (χ0v) is 9.59. The van der Waals surface area contributed by atoms with Crippen molar-refractivity contribution < 1.29 is 19.7 Å². The van der Waals surface area contributed by atoms with Crippen molar-refractivity contribution in [1.82, 2.24) is 0 Å². The standard InChI is InChI=1S/C12H15NO4/c1-13-8(5-6-14)7-17-11-9(12(15)16)3-2-4-10(11)13/h2-4,8,14H,5-7H2,1H3,(H,15,16). The second kappa shape index (κ2) is 4.63. The maximum absolute atomic E-state index is 11.0.